The van der Waals surface area contributed by atoms with Crippen molar-refractivity contribution < 1.29 is 4.74 Å². The number of hydrogen-bond donors (Lipinski definition) is 2. The minimum Gasteiger partial charge on any atom is -0.385 e. The van der Waals surface area contributed by atoms with Gasteiger partial charge in [0, 0.05) is 46.9 Å². The number of hydrogen-bond acceptors (Lipinski definition) is 3. The average molecular weight is 270 g/mol. The van der Waals surface area contributed by atoms with Gasteiger partial charge in [-0.25, -0.2) is 0 Å². The van der Waals surface area contributed by atoms with E-state index >= 15 is 0 Å². The lowest BCUT2D eigenvalue weighted by molar-refractivity contribution is 0.186. The lowest BCUT2D eigenvalue weighted by atomic mass is 10.0. The molecule has 5 nitrogen and oxygen atoms in total. The molecule has 1 aliphatic heterocycles. The second-order valence-electron chi connectivity index (χ2n) is 5.32. The number of rotatable bonds is 7. The van der Waals surface area contributed by atoms with Gasteiger partial charge < -0.3 is 20.3 Å². The molecule has 0 spiro atoms. The van der Waals surface area contributed by atoms with E-state index in [-0.39, 0.29) is 0 Å². The summed E-state index contributed by atoms with van der Waals surface area (Å²) >= 11 is 0. The predicted molar refractivity (Wildman–Crippen MR) is 80.7 cm³/mol. The van der Waals surface area contributed by atoms with Crippen LogP contribution in [0.1, 0.15) is 26.2 Å². The van der Waals surface area contributed by atoms with Gasteiger partial charge in [-0.05, 0) is 31.7 Å². The summed E-state index contributed by atoms with van der Waals surface area (Å²) in [5.41, 5.74) is 0. The van der Waals surface area contributed by atoms with Gasteiger partial charge in [-0.15, -0.1) is 0 Å². The molecular weight excluding hydrogens is 240 g/mol. The molecule has 19 heavy (non-hydrogen) atoms. The Morgan fingerprint density at radius 3 is 2.84 bits per heavy atom. The molecule has 1 atom stereocenters. The zero-order chi connectivity index (χ0) is 13.9. The summed E-state index contributed by atoms with van der Waals surface area (Å²) in [7, 11) is 3.54. The second-order valence-corrected chi connectivity index (χ2v) is 5.32. The topological polar surface area (TPSA) is 48.9 Å². The largest absolute Gasteiger partial charge is 0.385 e. The van der Waals surface area contributed by atoms with Gasteiger partial charge in [0.25, 0.3) is 0 Å². The highest BCUT2D eigenvalue weighted by molar-refractivity contribution is 5.79. The van der Waals surface area contributed by atoms with Crippen molar-refractivity contribution in [3.05, 3.63) is 0 Å². The van der Waals surface area contributed by atoms with Crippen LogP contribution in [0.25, 0.3) is 0 Å². The monoisotopic (exact) mass is 270 g/mol. The molecule has 112 valence electrons. The highest BCUT2D eigenvalue weighted by Crippen LogP contribution is 2.14. The molecule has 0 amide bonds. The molecule has 1 rings (SSSR count). The number of guanidine groups is 1. The molecule has 0 aromatic heterocycles. The molecule has 0 aromatic rings. The lowest BCUT2D eigenvalue weighted by Gasteiger charge is -2.30. The summed E-state index contributed by atoms with van der Waals surface area (Å²) in [5, 5.41) is 6.66. The first kappa shape index (κ1) is 16.2. The van der Waals surface area contributed by atoms with Crippen LogP contribution in [0.15, 0.2) is 4.99 Å². The zero-order valence-electron chi connectivity index (χ0n) is 12.7. The van der Waals surface area contributed by atoms with Crippen molar-refractivity contribution in [2.24, 2.45) is 10.9 Å². The van der Waals surface area contributed by atoms with Crippen LogP contribution in [0.2, 0.25) is 0 Å². The Balaban J connectivity index is 2.08. The van der Waals surface area contributed by atoms with E-state index in [0.29, 0.717) is 0 Å². The number of nitrogens with one attached hydrogen (secondary N) is 2. The maximum atomic E-state index is 5.02. The van der Waals surface area contributed by atoms with Gasteiger partial charge in [-0.2, -0.15) is 0 Å². The van der Waals surface area contributed by atoms with Crippen LogP contribution >= 0.6 is 0 Å². The van der Waals surface area contributed by atoms with E-state index in [1.54, 1.807) is 7.11 Å². The number of piperidine rings is 1. The van der Waals surface area contributed by atoms with Crippen LogP contribution in [-0.4, -0.2) is 64.3 Å². The SMILES string of the molecule is CN=C(NCCCOC)NCCN1CCCC(C)C1. The average Bonchev–Trinajstić information content (AvgIpc) is 2.41. The number of methoxy groups -OCH3 is 1. The number of ether oxygens (including phenoxy) is 1. The van der Waals surface area contributed by atoms with E-state index in [1.807, 2.05) is 7.05 Å². The minimum absolute atomic E-state index is 0.787. The molecule has 1 saturated heterocycles. The number of likely N-dealkylation sites (tertiary alicyclic amines) is 1. The molecular formula is C14H30N4O. The van der Waals surface area contributed by atoms with E-state index in [4.69, 9.17) is 4.74 Å². The van der Waals surface area contributed by atoms with Crippen LogP contribution in [0.4, 0.5) is 0 Å². The predicted octanol–water partition coefficient (Wildman–Crippen LogP) is 0.920. The van der Waals surface area contributed by atoms with Crippen molar-refractivity contribution in [1.82, 2.24) is 15.5 Å². The molecule has 0 bridgehead atoms. The normalized spacial score (nSPS) is 21.4. The van der Waals surface area contributed by atoms with E-state index in [0.717, 1.165) is 44.5 Å². The van der Waals surface area contributed by atoms with Gasteiger partial charge in [0.15, 0.2) is 5.96 Å². The van der Waals surface area contributed by atoms with Gasteiger partial charge in [0.2, 0.25) is 0 Å². The first-order valence-electron chi connectivity index (χ1n) is 7.42. The van der Waals surface area contributed by atoms with Crippen LogP contribution in [0, 0.1) is 5.92 Å². The summed E-state index contributed by atoms with van der Waals surface area (Å²) in [4.78, 5) is 6.76. The first-order chi connectivity index (χ1) is 9.26. The third kappa shape index (κ3) is 7.38. The maximum absolute atomic E-state index is 5.02. The molecule has 5 heteroatoms. The van der Waals surface area contributed by atoms with Crippen LogP contribution < -0.4 is 10.6 Å². The Labute approximate surface area is 117 Å². The van der Waals surface area contributed by atoms with Gasteiger partial charge >= 0.3 is 0 Å². The highest BCUT2D eigenvalue weighted by Gasteiger charge is 2.15. The van der Waals surface area contributed by atoms with E-state index < -0.39 is 0 Å². The molecule has 1 heterocycles. The number of aliphatic imine (C=N–C) groups is 1. The van der Waals surface area contributed by atoms with E-state index in [1.165, 1.54) is 25.9 Å². The molecule has 2 N–H and O–H groups in total. The summed E-state index contributed by atoms with van der Waals surface area (Å²) in [6.07, 6.45) is 3.72. The van der Waals surface area contributed by atoms with Crippen molar-refractivity contribution in [3.8, 4) is 0 Å². The summed E-state index contributed by atoms with van der Waals surface area (Å²) in [5.74, 6) is 1.74. The maximum Gasteiger partial charge on any atom is 0.191 e. The smallest absolute Gasteiger partial charge is 0.191 e. The van der Waals surface area contributed by atoms with Crippen molar-refractivity contribution in [3.63, 3.8) is 0 Å². The third-order valence-corrected chi connectivity index (χ3v) is 3.50. The van der Waals surface area contributed by atoms with E-state index in [9.17, 15) is 0 Å². The van der Waals surface area contributed by atoms with Gasteiger partial charge in [-0.1, -0.05) is 6.92 Å². The van der Waals surface area contributed by atoms with Crippen LogP contribution in [0.3, 0.4) is 0 Å². The Kier molecular flexibility index (Phi) is 8.58. The molecule has 1 fully saturated rings. The van der Waals surface area contributed by atoms with Crippen LogP contribution in [0.5, 0.6) is 0 Å². The number of nitrogens with zero attached hydrogens (tertiary/aromatic N) is 2. The molecule has 0 aliphatic carbocycles. The molecule has 0 radical (unpaired) electrons. The quantitative estimate of drug-likeness (QED) is 0.410. The summed E-state index contributed by atoms with van der Waals surface area (Å²) in [6.45, 7) is 8.56. The van der Waals surface area contributed by atoms with E-state index in [2.05, 4.69) is 27.4 Å². The molecule has 1 aliphatic rings. The van der Waals surface area contributed by atoms with Crippen molar-refractivity contribution in [2.75, 3.05) is 53.5 Å². The van der Waals surface area contributed by atoms with Gasteiger partial charge in [-0.3, -0.25) is 4.99 Å². The fourth-order valence-electron chi connectivity index (χ4n) is 2.47. The molecule has 1 unspecified atom stereocenters. The molecule has 0 saturated carbocycles. The first-order valence-corrected chi connectivity index (χ1v) is 7.42. The zero-order valence-corrected chi connectivity index (χ0v) is 12.7. The Morgan fingerprint density at radius 2 is 2.16 bits per heavy atom. The van der Waals surface area contributed by atoms with Gasteiger partial charge in [0.05, 0.1) is 0 Å². The lowest BCUT2D eigenvalue weighted by Crippen LogP contribution is -2.44. The Hall–Kier alpha value is -0.810. The Bertz CT molecular complexity index is 258. The second kappa shape index (κ2) is 10.0. The summed E-state index contributed by atoms with van der Waals surface area (Å²) < 4.78 is 5.02. The van der Waals surface area contributed by atoms with Crippen LogP contribution in [-0.2, 0) is 4.74 Å². The summed E-state index contributed by atoms with van der Waals surface area (Å²) in [6, 6.07) is 0. The minimum atomic E-state index is 0.787. The fraction of sp³-hybridized carbons (Fsp3) is 0.929. The fourth-order valence-corrected chi connectivity index (χ4v) is 2.47. The highest BCUT2D eigenvalue weighted by atomic mass is 16.5. The van der Waals surface area contributed by atoms with Gasteiger partial charge in [0.1, 0.15) is 0 Å². The van der Waals surface area contributed by atoms with Crippen molar-refractivity contribution in [1.29, 1.82) is 0 Å². The molecule has 0 aromatic carbocycles. The third-order valence-electron chi connectivity index (χ3n) is 3.50. The van der Waals surface area contributed by atoms with Crippen molar-refractivity contribution in [2.45, 2.75) is 26.2 Å². The standard InChI is InChI=1S/C14H30N4O/c1-13-6-4-9-18(12-13)10-8-17-14(15-2)16-7-5-11-19-3/h13H,4-12H2,1-3H3,(H2,15,16,17). The van der Waals surface area contributed by atoms with Crippen molar-refractivity contribution >= 4 is 5.96 Å². The Morgan fingerprint density at radius 1 is 1.37 bits per heavy atom.